The first kappa shape index (κ1) is 15.3. The van der Waals surface area contributed by atoms with Crippen molar-refractivity contribution in [1.82, 2.24) is 5.32 Å². The van der Waals surface area contributed by atoms with Crippen LogP contribution in [0.5, 0.6) is 5.75 Å². The van der Waals surface area contributed by atoms with E-state index < -0.39 is 6.10 Å². The van der Waals surface area contributed by atoms with Crippen LogP contribution in [0, 0.1) is 5.92 Å². The smallest absolute Gasteiger partial charge is 0.119 e. The van der Waals surface area contributed by atoms with E-state index in [1.807, 2.05) is 24.3 Å². The summed E-state index contributed by atoms with van der Waals surface area (Å²) in [5.41, 5.74) is 0.910. The Morgan fingerprint density at radius 2 is 2.05 bits per heavy atom. The Morgan fingerprint density at radius 3 is 2.75 bits per heavy atom. The van der Waals surface area contributed by atoms with Gasteiger partial charge in [0.15, 0.2) is 0 Å². The highest BCUT2D eigenvalue weighted by Crippen LogP contribution is 2.27. The lowest BCUT2D eigenvalue weighted by atomic mass is 9.85. The molecule has 4 unspecified atom stereocenters. The summed E-state index contributed by atoms with van der Waals surface area (Å²) in [5, 5.41) is 14.1. The van der Waals surface area contributed by atoms with Crippen molar-refractivity contribution in [2.75, 3.05) is 7.11 Å². The fourth-order valence-electron chi connectivity index (χ4n) is 3.11. The van der Waals surface area contributed by atoms with E-state index >= 15 is 0 Å². The lowest BCUT2D eigenvalue weighted by molar-refractivity contribution is 0.116. The van der Waals surface area contributed by atoms with Gasteiger partial charge in [-0.2, -0.15) is 0 Å². The van der Waals surface area contributed by atoms with E-state index in [1.54, 1.807) is 7.11 Å². The number of nitrogens with one attached hydrogen (secondary N) is 1. The summed E-state index contributed by atoms with van der Waals surface area (Å²) in [6.45, 7) is 4.37. The Bertz CT molecular complexity index is 421. The number of aliphatic hydroxyl groups is 1. The molecule has 0 saturated heterocycles. The first-order valence-corrected chi connectivity index (χ1v) is 7.70. The van der Waals surface area contributed by atoms with Crippen LogP contribution in [-0.2, 0) is 0 Å². The monoisotopic (exact) mass is 277 g/mol. The number of methoxy groups -OCH3 is 1. The third-order valence-corrected chi connectivity index (χ3v) is 4.50. The molecule has 0 aromatic heterocycles. The van der Waals surface area contributed by atoms with E-state index in [9.17, 15) is 5.11 Å². The zero-order chi connectivity index (χ0) is 14.5. The van der Waals surface area contributed by atoms with Crippen LogP contribution >= 0.6 is 0 Å². The third-order valence-electron chi connectivity index (χ3n) is 4.50. The van der Waals surface area contributed by atoms with Gasteiger partial charge in [-0.3, -0.25) is 0 Å². The second kappa shape index (κ2) is 7.09. The van der Waals surface area contributed by atoms with Gasteiger partial charge in [0.05, 0.1) is 13.2 Å². The average molecular weight is 277 g/mol. The largest absolute Gasteiger partial charge is 0.497 e. The van der Waals surface area contributed by atoms with Gasteiger partial charge >= 0.3 is 0 Å². The molecule has 2 rings (SSSR count). The number of rotatable bonds is 5. The standard InChI is InChI=1S/C17H27NO2/c1-12-7-4-5-10-16(12)18-13(2)17(19)14-8-6-9-15(11-14)20-3/h6,8-9,11-13,16-19H,4-5,7,10H2,1-3H3. The Balaban J connectivity index is 1.98. The predicted octanol–water partition coefficient (Wildman–Crippen LogP) is 3.29. The summed E-state index contributed by atoms with van der Waals surface area (Å²) in [4.78, 5) is 0. The molecule has 3 heteroatoms. The van der Waals surface area contributed by atoms with Crippen molar-refractivity contribution in [2.45, 2.75) is 57.7 Å². The minimum absolute atomic E-state index is 0.0488. The van der Waals surface area contributed by atoms with Gasteiger partial charge in [0.2, 0.25) is 0 Å². The second-order valence-corrected chi connectivity index (χ2v) is 6.05. The Labute approximate surface area is 122 Å². The first-order chi connectivity index (χ1) is 9.61. The minimum Gasteiger partial charge on any atom is -0.497 e. The lowest BCUT2D eigenvalue weighted by Gasteiger charge is -2.33. The summed E-state index contributed by atoms with van der Waals surface area (Å²) in [7, 11) is 1.65. The van der Waals surface area contributed by atoms with Crippen LogP contribution in [0.15, 0.2) is 24.3 Å². The van der Waals surface area contributed by atoms with Crippen LogP contribution < -0.4 is 10.1 Å². The van der Waals surface area contributed by atoms with Gasteiger partial charge in [-0.05, 0) is 43.4 Å². The summed E-state index contributed by atoms with van der Waals surface area (Å²) in [6, 6.07) is 8.26. The van der Waals surface area contributed by atoms with E-state index in [1.165, 1.54) is 25.7 Å². The Hall–Kier alpha value is -1.06. The molecule has 3 nitrogen and oxygen atoms in total. The Kier molecular flexibility index (Phi) is 5.44. The fraction of sp³-hybridized carbons (Fsp3) is 0.647. The molecule has 4 atom stereocenters. The van der Waals surface area contributed by atoms with Crippen molar-refractivity contribution in [3.63, 3.8) is 0 Å². The lowest BCUT2D eigenvalue weighted by Crippen LogP contribution is -2.44. The number of benzene rings is 1. The quantitative estimate of drug-likeness (QED) is 0.868. The predicted molar refractivity (Wildman–Crippen MR) is 82.0 cm³/mol. The van der Waals surface area contributed by atoms with Crippen LogP contribution in [0.3, 0.4) is 0 Å². The highest BCUT2D eigenvalue weighted by Gasteiger charge is 2.25. The molecule has 1 aromatic rings. The van der Waals surface area contributed by atoms with Crippen LogP contribution in [0.4, 0.5) is 0 Å². The van der Waals surface area contributed by atoms with Crippen LogP contribution in [-0.4, -0.2) is 24.3 Å². The van der Waals surface area contributed by atoms with Crippen molar-refractivity contribution >= 4 is 0 Å². The molecule has 1 saturated carbocycles. The van der Waals surface area contributed by atoms with E-state index in [-0.39, 0.29) is 6.04 Å². The molecule has 0 amide bonds. The van der Waals surface area contributed by atoms with E-state index in [0.717, 1.165) is 11.3 Å². The molecule has 1 aliphatic carbocycles. The van der Waals surface area contributed by atoms with Gasteiger partial charge < -0.3 is 15.2 Å². The molecule has 0 radical (unpaired) electrons. The number of aliphatic hydroxyl groups excluding tert-OH is 1. The average Bonchev–Trinajstić information content (AvgIpc) is 2.48. The van der Waals surface area contributed by atoms with Gasteiger partial charge in [-0.1, -0.05) is 31.9 Å². The molecule has 0 aliphatic heterocycles. The van der Waals surface area contributed by atoms with Gasteiger partial charge in [-0.15, -0.1) is 0 Å². The SMILES string of the molecule is COc1cccc(C(O)C(C)NC2CCCCC2C)c1. The van der Waals surface area contributed by atoms with Gasteiger partial charge in [0.1, 0.15) is 5.75 Å². The number of hydrogen-bond donors (Lipinski definition) is 2. The first-order valence-electron chi connectivity index (χ1n) is 7.70. The van der Waals surface area contributed by atoms with Crippen LogP contribution in [0.1, 0.15) is 51.2 Å². The molecule has 2 N–H and O–H groups in total. The topological polar surface area (TPSA) is 41.5 Å². The van der Waals surface area contributed by atoms with Gasteiger partial charge in [-0.25, -0.2) is 0 Å². The van der Waals surface area contributed by atoms with Crippen molar-refractivity contribution < 1.29 is 9.84 Å². The number of hydrogen-bond acceptors (Lipinski definition) is 3. The van der Waals surface area contributed by atoms with Crippen LogP contribution in [0.2, 0.25) is 0 Å². The number of ether oxygens (including phenoxy) is 1. The molecule has 0 bridgehead atoms. The van der Waals surface area contributed by atoms with Gasteiger partial charge in [0.25, 0.3) is 0 Å². The zero-order valence-corrected chi connectivity index (χ0v) is 12.8. The molecule has 0 heterocycles. The molecule has 1 aromatic carbocycles. The normalized spacial score (nSPS) is 26.0. The fourth-order valence-corrected chi connectivity index (χ4v) is 3.11. The molecular formula is C17H27NO2. The Morgan fingerprint density at radius 1 is 1.30 bits per heavy atom. The van der Waals surface area contributed by atoms with Crippen molar-refractivity contribution in [1.29, 1.82) is 0 Å². The molecule has 112 valence electrons. The molecular weight excluding hydrogens is 250 g/mol. The highest BCUT2D eigenvalue weighted by atomic mass is 16.5. The second-order valence-electron chi connectivity index (χ2n) is 6.05. The van der Waals surface area contributed by atoms with Gasteiger partial charge in [0, 0.05) is 12.1 Å². The molecule has 20 heavy (non-hydrogen) atoms. The maximum Gasteiger partial charge on any atom is 0.119 e. The zero-order valence-electron chi connectivity index (χ0n) is 12.8. The summed E-state index contributed by atoms with van der Waals surface area (Å²) >= 11 is 0. The van der Waals surface area contributed by atoms with E-state index in [4.69, 9.17) is 4.74 Å². The van der Waals surface area contributed by atoms with Crippen molar-refractivity contribution in [3.8, 4) is 5.75 Å². The summed E-state index contributed by atoms with van der Waals surface area (Å²) in [5.74, 6) is 1.49. The maximum atomic E-state index is 10.5. The van der Waals surface area contributed by atoms with E-state index in [0.29, 0.717) is 12.0 Å². The summed E-state index contributed by atoms with van der Waals surface area (Å²) in [6.07, 6.45) is 4.64. The van der Waals surface area contributed by atoms with Crippen molar-refractivity contribution in [3.05, 3.63) is 29.8 Å². The van der Waals surface area contributed by atoms with Crippen molar-refractivity contribution in [2.24, 2.45) is 5.92 Å². The minimum atomic E-state index is -0.501. The highest BCUT2D eigenvalue weighted by molar-refractivity contribution is 5.30. The summed E-state index contributed by atoms with van der Waals surface area (Å²) < 4.78 is 5.22. The molecule has 0 spiro atoms. The maximum absolute atomic E-state index is 10.5. The molecule has 1 fully saturated rings. The molecule has 1 aliphatic rings. The van der Waals surface area contributed by atoms with E-state index in [2.05, 4.69) is 19.2 Å². The third kappa shape index (κ3) is 3.74. The van der Waals surface area contributed by atoms with Crippen LogP contribution in [0.25, 0.3) is 0 Å².